The summed E-state index contributed by atoms with van der Waals surface area (Å²) in [5.74, 6) is 0. The third-order valence-electron chi connectivity index (χ3n) is 2.39. The zero-order valence-corrected chi connectivity index (χ0v) is 8.85. The third kappa shape index (κ3) is 1.91. The monoisotopic (exact) mass is 208 g/mol. The normalized spacial score (nSPS) is 17.4. The molecule has 0 saturated heterocycles. The molecule has 1 aromatic rings. The molecule has 78 valence electrons. The molecule has 0 amide bonds. The molecule has 0 fully saturated rings. The van der Waals surface area contributed by atoms with Crippen LogP contribution in [0.1, 0.15) is 5.56 Å². The van der Waals surface area contributed by atoms with Crippen LogP contribution in [0.4, 0.5) is 0 Å². The number of aliphatic imine (C=N–C) groups is 1. The Hall–Kier alpha value is -2.22. The average molecular weight is 208 g/mol. The molecule has 0 aromatic heterocycles. The number of hydrogen-bond acceptors (Lipinski definition) is 2. The standard InChI is InChI=1S/C14H12N2/c1-16-14(11-7-3-2-4-8-11)12-9-5-6-10-13(12)15/h2-10,15H,1H2/b14-12-,15-13?. The first-order chi connectivity index (χ1) is 7.83. The Kier molecular flexibility index (Phi) is 2.92. The topological polar surface area (TPSA) is 36.2 Å². The van der Waals surface area contributed by atoms with Gasteiger partial charge in [0, 0.05) is 11.1 Å². The van der Waals surface area contributed by atoms with Gasteiger partial charge in [-0.1, -0.05) is 48.6 Å². The van der Waals surface area contributed by atoms with E-state index in [4.69, 9.17) is 5.41 Å². The van der Waals surface area contributed by atoms with Gasteiger partial charge in [0.2, 0.25) is 0 Å². The molecule has 0 heterocycles. The number of rotatable bonds is 2. The first-order valence-corrected chi connectivity index (χ1v) is 5.03. The molecule has 1 aliphatic rings. The number of nitrogens with one attached hydrogen (secondary N) is 1. The minimum absolute atomic E-state index is 0.466. The van der Waals surface area contributed by atoms with E-state index in [1.165, 1.54) is 0 Å². The van der Waals surface area contributed by atoms with E-state index in [1.54, 1.807) is 6.08 Å². The van der Waals surface area contributed by atoms with Gasteiger partial charge in [0.05, 0.1) is 11.4 Å². The minimum atomic E-state index is 0.466. The van der Waals surface area contributed by atoms with E-state index in [9.17, 15) is 0 Å². The van der Waals surface area contributed by atoms with Gasteiger partial charge in [0.1, 0.15) is 0 Å². The fraction of sp³-hybridized carbons (Fsp3) is 0. The van der Waals surface area contributed by atoms with Crippen molar-refractivity contribution in [2.24, 2.45) is 4.99 Å². The average Bonchev–Trinajstić information content (AvgIpc) is 2.34. The summed E-state index contributed by atoms with van der Waals surface area (Å²) in [5.41, 5.74) is 3.01. The molecule has 1 N–H and O–H groups in total. The highest BCUT2D eigenvalue weighted by molar-refractivity contribution is 6.14. The van der Waals surface area contributed by atoms with E-state index in [2.05, 4.69) is 11.7 Å². The van der Waals surface area contributed by atoms with Crippen LogP contribution in [0.3, 0.4) is 0 Å². The van der Waals surface area contributed by atoms with E-state index in [-0.39, 0.29) is 0 Å². The van der Waals surface area contributed by atoms with Gasteiger partial charge in [-0.3, -0.25) is 4.99 Å². The molecule has 2 nitrogen and oxygen atoms in total. The van der Waals surface area contributed by atoms with Crippen LogP contribution in [0.2, 0.25) is 0 Å². The van der Waals surface area contributed by atoms with Gasteiger partial charge in [0.25, 0.3) is 0 Å². The van der Waals surface area contributed by atoms with Crippen LogP contribution in [0.25, 0.3) is 5.70 Å². The van der Waals surface area contributed by atoms with Gasteiger partial charge in [-0.25, -0.2) is 0 Å². The van der Waals surface area contributed by atoms with Crippen LogP contribution in [0.5, 0.6) is 0 Å². The number of benzene rings is 1. The van der Waals surface area contributed by atoms with Gasteiger partial charge in [-0.15, -0.1) is 0 Å². The van der Waals surface area contributed by atoms with Crippen molar-refractivity contribution in [3.8, 4) is 0 Å². The van der Waals surface area contributed by atoms with Crippen molar-refractivity contribution in [2.45, 2.75) is 0 Å². The Morgan fingerprint density at radius 1 is 1.06 bits per heavy atom. The lowest BCUT2D eigenvalue weighted by atomic mass is 9.99. The molecular weight excluding hydrogens is 196 g/mol. The molecule has 2 heteroatoms. The highest BCUT2D eigenvalue weighted by Gasteiger charge is 2.09. The maximum Gasteiger partial charge on any atom is 0.0788 e. The lowest BCUT2D eigenvalue weighted by Gasteiger charge is -2.09. The van der Waals surface area contributed by atoms with Crippen molar-refractivity contribution in [3.05, 3.63) is 65.8 Å². The van der Waals surface area contributed by atoms with Crippen molar-refractivity contribution < 1.29 is 0 Å². The first-order valence-electron chi connectivity index (χ1n) is 5.03. The fourth-order valence-corrected chi connectivity index (χ4v) is 1.62. The van der Waals surface area contributed by atoms with Crippen LogP contribution in [-0.2, 0) is 0 Å². The van der Waals surface area contributed by atoms with Crippen LogP contribution in [0, 0.1) is 5.41 Å². The Labute approximate surface area is 94.9 Å². The molecule has 1 aromatic carbocycles. The Balaban J connectivity index is 2.55. The minimum Gasteiger partial charge on any atom is -0.300 e. The second kappa shape index (κ2) is 4.53. The molecule has 0 bridgehead atoms. The lowest BCUT2D eigenvalue weighted by Crippen LogP contribution is -2.01. The van der Waals surface area contributed by atoms with Crippen LogP contribution in [-0.4, -0.2) is 12.4 Å². The summed E-state index contributed by atoms with van der Waals surface area (Å²) in [4.78, 5) is 4.04. The molecule has 0 aliphatic heterocycles. The smallest absolute Gasteiger partial charge is 0.0788 e. The number of nitrogens with zero attached hydrogens (tertiary/aromatic N) is 1. The van der Waals surface area contributed by atoms with E-state index >= 15 is 0 Å². The molecule has 0 atom stereocenters. The van der Waals surface area contributed by atoms with Gasteiger partial charge in [0.15, 0.2) is 0 Å². The van der Waals surface area contributed by atoms with Gasteiger partial charge < -0.3 is 5.41 Å². The summed E-state index contributed by atoms with van der Waals surface area (Å²) in [6, 6.07) is 9.80. The van der Waals surface area contributed by atoms with Crippen LogP contribution >= 0.6 is 0 Å². The van der Waals surface area contributed by atoms with E-state index < -0.39 is 0 Å². The largest absolute Gasteiger partial charge is 0.300 e. The van der Waals surface area contributed by atoms with Crippen LogP contribution < -0.4 is 0 Å². The highest BCUT2D eigenvalue weighted by Crippen LogP contribution is 2.23. The van der Waals surface area contributed by atoms with E-state index in [1.807, 2.05) is 48.6 Å². The Morgan fingerprint density at radius 2 is 1.75 bits per heavy atom. The molecular formula is C14H12N2. The summed E-state index contributed by atoms with van der Waals surface area (Å²) in [6.07, 6.45) is 7.39. The molecule has 1 aliphatic carbocycles. The van der Waals surface area contributed by atoms with Crippen molar-refractivity contribution in [1.82, 2.24) is 0 Å². The van der Waals surface area contributed by atoms with E-state index in [0.29, 0.717) is 5.71 Å². The predicted octanol–water partition coefficient (Wildman–Crippen LogP) is 3.24. The summed E-state index contributed by atoms with van der Waals surface area (Å²) in [7, 11) is 0. The second-order valence-corrected chi connectivity index (χ2v) is 3.42. The zero-order valence-electron chi connectivity index (χ0n) is 8.85. The van der Waals surface area contributed by atoms with E-state index in [0.717, 1.165) is 16.8 Å². The summed E-state index contributed by atoms with van der Waals surface area (Å²) in [6.45, 7) is 3.58. The summed E-state index contributed by atoms with van der Waals surface area (Å²) >= 11 is 0. The SMILES string of the molecule is C=N/C(=C1/C=CC=CC1=N)c1ccccc1. The van der Waals surface area contributed by atoms with Crippen molar-refractivity contribution in [3.63, 3.8) is 0 Å². The maximum absolute atomic E-state index is 7.85. The predicted molar refractivity (Wildman–Crippen MR) is 68.9 cm³/mol. The maximum atomic E-state index is 7.85. The third-order valence-corrected chi connectivity index (χ3v) is 2.39. The Morgan fingerprint density at radius 3 is 2.38 bits per heavy atom. The highest BCUT2D eigenvalue weighted by atomic mass is 14.7. The molecule has 0 spiro atoms. The summed E-state index contributed by atoms with van der Waals surface area (Å²) in [5, 5.41) is 7.85. The van der Waals surface area contributed by atoms with Gasteiger partial charge in [-0.2, -0.15) is 0 Å². The van der Waals surface area contributed by atoms with Crippen molar-refractivity contribution in [2.75, 3.05) is 0 Å². The van der Waals surface area contributed by atoms with Gasteiger partial charge in [-0.05, 0) is 12.8 Å². The molecule has 0 radical (unpaired) electrons. The van der Waals surface area contributed by atoms with Crippen molar-refractivity contribution in [1.29, 1.82) is 5.41 Å². The second-order valence-electron chi connectivity index (χ2n) is 3.42. The number of allylic oxidation sites excluding steroid dienone is 5. The Bertz CT molecular complexity index is 505. The molecule has 2 rings (SSSR count). The lowest BCUT2D eigenvalue weighted by molar-refractivity contribution is 1.45. The van der Waals surface area contributed by atoms with Gasteiger partial charge >= 0.3 is 0 Å². The molecule has 16 heavy (non-hydrogen) atoms. The molecule has 0 unspecified atom stereocenters. The fourth-order valence-electron chi connectivity index (χ4n) is 1.62. The number of hydrogen-bond donors (Lipinski definition) is 1. The quantitative estimate of drug-likeness (QED) is 0.724. The molecule has 0 saturated carbocycles. The summed E-state index contributed by atoms with van der Waals surface area (Å²) < 4.78 is 0. The first kappa shape index (κ1) is 10.3. The van der Waals surface area contributed by atoms with Crippen LogP contribution in [0.15, 0.2) is 65.2 Å². The zero-order chi connectivity index (χ0) is 11.4. The van der Waals surface area contributed by atoms with Crippen molar-refractivity contribution >= 4 is 18.1 Å².